The molecule has 1 aromatic carbocycles. The smallest absolute Gasteiger partial charge is 0.227 e. The number of fused-ring (bicyclic) bond motifs is 1. The zero-order chi connectivity index (χ0) is 15.2. The Morgan fingerprint density at radius 1 is 1.43 bits per heavy atom. The largest absolute Gasteiger partial charge is 0.351 e. The number of benzene rings is 1. The molecule has 0 atom stereocenters. The van der Waals surface area contributed by atoms with Crippen LogP contribution in [0.2, 0.25) is 5.02 Å². The average Bonchev–Trinajstić information content (AvgIpc) is 2.66. The molecule has 4 nitrogen and oxygen atoms in total. The molecular formula is C15H18ClN3OS. The van der Waals surface area contributed by atoms with Gasteiger partial charge in [0.2, 0.25) is 5.91 Å². The van der Waals surface area contributed by atoms with E-state index in [0.29, 0.717) is 0 Å². The molecule has 1 aromatic heterocycles. The van der Waals surface area contributed by atoms with Gasteiger partial charge in [0.15, 0.2) is 5.13 Å². The maximum Gasteiger partial charge on any atom is 0.227 e. The average molecular weight is 324 g/mol. The van der Waals surface area contributed by atoms with Crippen molar-refractivity contribution in [3.8, 4) is 0 Å². The lowest BCUT2D eigenvalue weighted by molar-refractivity contribution is -0.127. The molecule has 2 aromatic rings. The molecular weight excluding hydrogens is 306 g/mol. The summed E-state index contributed by atoms with van der Waals surface area (Å²) in [6.07, 6.45) is 0. The van der Waals surface area contributed by atoms with E-state index < -0.39 is 0 Å². The third-order valence-electron chi connectivity index (χ3n) is 3.36. The highest BCUT2D eigenvalue weighted by Crippen LogP contribution is 2.34. The summed E-state index contributed by atoms with van der Waals surface area (Å²) in [5.74, 6) is 0.183. The lowest BCUT2D eigenvalue weighted by Crippen LogP contribution is -2.56. The molecule has 1 aliphatic heterocycles. The van der Waals surface area contributed by atoms with Gasteiger partial charge in [0.05, 0.1) is 16.1 Å². The standard InChI is InChI=1S/C15H18ClN3OS/c1-15(2,3)18-13(20)9-7-19(8-9)14-17-11-5-4-10(16)6-12(11)21-14/h4-6,9H,7-8H2,1-3H3,(H,18,20). The van der Waals surface area contributed by atoms with E-state index in [4.69, 9.17) is 11.6 Å². The Morgan fingerprint density at radius 2 is 2.14 bits per heavy atom. The zero-order valence-corrected chi connectivity index (χ0v) is 13.9. The van der Waals surface area contributed by atoms with Crippen LogP contribution in [0, 0.1) is 5.92 Å². The Morgan fingerprint density at radius 3 is 2.81 bits per heavy atom. The van der Waals surface area contributed by atoms with Crippen molar-refractivity contribution in [1.29, 1.82) is 0 Å². The van der Waals surface area contributed by atoms with Crippen molar-refractivity contribution in [1.82, 2.24) is 10.3 Å². The maximum atomic E-state index is 12.1. The fourth-order valence-electron chi connectivity index (χ4n) is 2.29. The van der Waals surface area contributed by atoms with Gasteiger partial charge in [-0.1, -0.05) is 22.9 Å². The molecule has 0 bridgehead atoms. The van der Waals surface area contributed by atoms with Crippen LogP contribution in [0.4, 0.5) is 5.13 Å². The number of hydrogen-bond acceptors (Lipinski definition) is 4. The first kappa shape index (κ1) is 14.6. The molecule has 21 heavy (non-hydrogen) atoms. The number of carbonyl (C=O) groups is 1. The van der Waals surface area contributed by atoms with E-state index in [1.807, 2.05) is 39.0 Å². The Hall–Kier alpha value is -1.33. The van der Waals surface area contributed by atoms with Crippen LogP contribution in [-0.2, 0) is 4.79 Å². The lowest BCUT2D eigenvalue weighted by atomic mass is 9.98. The second-order valence-electron chi connectivity index (χ2n) is 6.45. The Balaban J connectivity index is 1.66. The summed E-state index contributed by atoms with van der Waals surface area (Å²) in [7, 11) is 0. The number of thiazole rings is 1. The van der Waals surface area contributed by atoms with E-state index in [-0.39, 0.29) is 17.4 Å². The highest BCUT2D eigenvalue weighted by molar-refractivity contribution is 7.22. The van der Waals surface area contributed by atoms with Gasteiger partial charge in [0, 0.05) is 23.7 Å². The fourth-order valence-corrected chi connectivity index (χ4v) is 3.55. The van der Waals surface area contributed by atoms with Crippen LogP contribution in [0.15, 0.2) is 18.2 Å². The van der Waals surface area contributed by atoms with Crippen LogP contribution in [0.25, 0.3) is 10.2 Å². The first-order chi connectivity index (χ1) is 9.82. The molecule has 1 fully saturated rings. The highest BCUT2D eigenvalue weighted by atomic mass is 35.5. The SMILES string of the molecule is CC(C)(C)NC(=O)C1CN(c2nc3ccc(Cl)cc3s2)C1. The molecule has 2 heterocycles. The first-order valence-corrected chi connectivity index (χ1v) is 8.14. The summed E-state index contributed by atoms with van der Waals surface area (Å²) in [6, 6.07) is 5.71. The molecule has 0 saturated carbocycles. The van der Waals surface area contributed by atoms with E-state index in [1.54, 1.807) is 11.3 Å². The van der Waals surface area contributed by atoms with Crippen molar-refractivity contribution in [2.45, 2.75) is 26.3 Å². The molecule has 3 rings (SSSR count). The van der Waals surface area contributed by atoms with E-state index in [9.17, 15) is 4.79 Å². The summed E-state index contributed by atoms with van der Waals surface area (Å²) in [5, 5.41) is 4.72. The number of nitrogens with zero attached hydrogens (tertiary/aromatic N) is 2. The second-order valence-corrected chi connectivity index (χ2v) is 7.90. The number of rotatable bonds is 2. The van der Waals surface area contributed by atoms with Crippen LogP contribution in [0.1, 0.15) is 20.8 Å². The molecule has 112 valence electrons. The van der Waals surface area contributed by atoms with Gasteiger partial charge in [0.25, 0.3) is 0 Å². The predicted octanol–water partition coefficient (Wildman–Crippen LogP) is 3.30. The monoisotopic (exact) mass is 323 g/mol. The van der Waals surface area contributed by atoms with Gasteiger partial charge in [-0.15, -0.1) is 0 Å². The zero-order valence-electron chi connectivity index (χ0n) is 12.3. The Kier molecular flexibility index (Phi) is 3.58. The van der Waals surface area contributed by atoms with Crippen LogP contribution in [-0.4, -0.2) is 29.5 Å². The third kappa shape index (κ3) is 3.14. The number of anilines is 1. The third-order valence-corrected chi connectivity index (χ3v) is 4.67. The summed E-state index contributed by atoms with van der Waals surface area (Å²) < 4.78 is 1.08. The fraction of sp³-hybridized carbons (Fsp3) is 0.467. The summed E-state index contributed by atoms with van der Waals surface area (Å²) in [4.78, 5) is 18.8. The summed E-state index contributed by atoms with van der Waals surface area (Å²) in [6.45, 7) is 7.46. The first-order valence-electron chi connectivity index (χ1n) is 6.95. The number of aromatic nitrogens is 1. The quantitative estimate of drug-likeness (QED) is 0.922. The number of amides is 1. The number of hydrogen-bond donors (Lipinski definition) is 1. The molecule has 1 saturated heterocycles. The Labute approximate surface area is 133 Å². The summed E-state index contributed by atoms with van der Waals surface area (Å²) in [5.41, 5.74) is 0.784. The normalized spacial score (nSPS) is 16.1. The molecule has 1 N–H and O–H groups in total. The van der Waals surface area contributed by atoms with Gasteiger partial charge in [-0.3, -0.25) is 4.79 Å². The van der Waals surface area contributed by atoms with Gasteiger partial charge in [-0.2, -0.15) is 0 Å². The van der Waals surface area contributed by atoms with Gasteiger partial charge < -0.3 is 10.2 Å². The molecule has 1 amide bonds. The molecule has 0 radical (unpaired) electrons. The molecule has 6 heteroatoms. The van der Waals surface area contributed by atoms with Crippen LogP contribution >= 0.6 is 22.9 Å². The maximum absolute atomic E-state index is 12.1. The summed E-state index contributed by atoms with van der Waals surface area (Å²) >= 11 is 7.61. The molecule has 0 aliphatic carbocycles. The van der Waals surface area contributed by atoms with Gasteiger partial charge in [-0.05, 0) is 39.0 Å². The van der Waals surface area contributed by atoms with Gasteiger partial charge in [-0.25, -0.2) is 4.98 Å². The minimum absolute atomic E-state index is 0.0554. The van der Waals surface area contributed by atoms with Crippen LogP contribution < -0.4 is 10.2 Å². The van der Waals surface area contributed by atoms with Crippen molar-refractivity contribution < 1.29 is 4.79 Å². The van der Waals surface area contributed by atoms with Crippen molar-refractivity contribution >= 4 is 44.2 Å². The second kappa shape index (κ2) is 5.14. The van der Waals surface area contributed by atoms with Gasteiger partial charge >= 0.3 is 0 Å². The van der Waals surface area contributed by atoms with E-state index >= 15 is 0 Å². The highest BCUT2D eigenvalue weighted by Gasteiger charge is 2.35. The van der Waals surface area contributed by atoms with Crippen molar-refractivity contribution in [2.24, 2.45) is 5.92 Å². The molecule has 0 spiro atoms. The van der Waals surface area contributed by atoms with Crippen LogP contribution in [0.5, 0.6) is 0 Å². The number of halogens is 1. The molecule has 0 unspecified atom stereocenters. The van der Waals surface area contributed by atoms with E-state index in [2.05, 4.69) is 15.2 Å². The van der Waals surface area contributed by atoms with Crippen molar-refractivity contribution in [2.75, 3.05) is 18.0 Å². The minimum atomic E-state index is -0.176. The van der Waals surface area contributed by atoms with E-state index in [0.717, 1.165) is 33.5 Å². The van der Waals surface area contributed by atoms with Crippen molar-refractivity contribution in [3.63, 3.8) is 0 Å². The predicted molar refractivity (Wildman–Crippen MR) is 88.2 cm³/mol. The Bertz CT molecular complexity index is 686. The topological polar surface area (TPSA) is 45.2 Å². The molecule has 1 aliphatic rings. The number of nitrogens with one attached hydrogen (secondary N) is 1. The van der Waals surface area contributed by atoms with Crippen molar-refractivity contribution in [3.05, 3.63) is 23.2 Å². The van der Waals surface area contributed by atoms with E-state index in [1.165, 1.54) is 0 Å². The number of carbonyl (C=O) groups excluding carboxylic acids is 1. The lowest BCUT2D eigenvalue weighted by Gasteiger charge is -2.39. The minimum Gasteiger partial charge on any atom is -0.351 e. The van der Waals surface area contributed by atoms with Crippen LogP contribution in [0.3, 0.4) is 0 Å². The van der Waals surface area contributed by atoms with Gasteiger partial charge in [0.1, 0.15) is 0 Å².